The van der Waals surface area contributed by atoms with Gasteiger partial charge in [0.15, 0.2) is 5.82 Å². The number of hydrogen-bond donors (Lipinski definition) is 1. The van der Waals surface area contributed by atoms with Crippen molar-refractivity contribution in [3.8, 4) is 5.69 Å². The molecule has 0 spiro atoms. The molecule has 4 aromatic rings. The van der Waals surface area contributed by atoms with Crippen molar-refractivity contribution in [1.29, 1.82) is 0 Å². The van der Waals surface area contributed by atoms with Crippen molar-refractivity contribution in [2.24, 2.45) is 0 Å². The molecule has 8 heteroatoms. The van der Waals surface area contributed by atoms with Crippen LogP contribution in [0, 0.1) is 0 Å². The van der Waals surface area contributed by atoms with E-state index in [0.29, 0.717) is 17.4 Å². The summed E-state index contributed by atoms with van der Waals surface area (Å²) in [6, 6.07) is 26.2. The Morgan fingerprint density at radius 3 is 2.30 bits per heavy atom. The number of rotatable bonds is 7. The lowest BCUT2D eigenvalue weighted by Gasteiger charge is -2.29. The third-order valence-electron chi connectivity index (χ3n) is 5.78. The summed E-state index contributed by atoms with van der Waals surface area (Å²) in [5.41, 5.74) is 4.31. The van der Waals surface area contributed by atoms with E-state index in [1.54, 1.807) is 4.68 Å². The van der Waals surface area contributed by atoms with Crippen LogP contribution in [0.25, 0.3) is 5.69 Å². The third kappa shape index (κ3) is 5.06. The molecule has 1 atom stereocenters. The fraction of sp³-hybridized carbons (Fsp3) is 0.240. The van der Waals surface area contributed by atoms with Gasteiger partial charge in [-0.25, -0.2) is 0 Å². The Balaban J connectivity index is 1.44. The molecule has 2 heterocycles. The SMILES string of the molecule is Clc1ccc(C(NCc2ccccc2)c2nnnn2-c2ccc(N3CCOCC3)cc2)cc1. The number of hydrogen-bond acceptors (Lipinski definition) is 6. The van der Waals surface area contributed by atoms with E-state index in [0.717, 1.165) is 37.6 Å². The van der Waals surface area contributed by atoms with Crippen molar-refractivity contribution < 1.29 is 4.74 Å². The fourth-order valence-corrected chi connectivity index (χ4v) is 4.14. The fourth-order valence-electron chi connectivity index (χ4n) is 4.01. The van der Waals surface area contributed by atoms with Crippen molar-refractivity contribution >= 4 is 17.3 Å². The monoisotopic (exact) mass is 460 g/mol. The Morgan fingerprint density at radius 2 is 1.58 bits per heavy atom. The van der Waals surface area contributed by atoms with E-state index in [2.05, 4.69) is 62.1 Å². The molecule has 33 heavy (non-hydrogen) atoms. The average molecular weight is 461 g/mol. The summed E-state index contributed by atoms with van der Waals surface area (Å²) >= 11 is 6.14. The number of nitrogens with zero attached hydrogens (tertiary/aromatic N) is 5. The molecule has 5 rings (SSSR count). The molecule has 0 bridgehead atoms. The van der Waals surface area contributed by atoms with Gasteiger partial charge in [0.25, 0.3) is 0 Å². The molecule has 1 aromatic heterocycles. The van der Waals surface area contributed by atoms with Gasteiger partial charge in [0.2, 0.25) is 0 Å². The smallest absolute Gasteiger partial charge is 0.178 e. The summed E-state index contributed by atoms with van der Waals surface area (Å²) < 4.78 is 7.25. The quantitative estimate of drug-likeness (QED) is 0.449. The number of benzene rings is 3. The highest BCUT2D eigenvalue weighted by atomic mass is 35.5. The van der Waals surface area contributed by atoms with Crippen molar-refractivity contribution in [2.45, 2.75) is 12.6 Å². The van der Waals surface area contributed by atoms with Crippen LogP contribution in [0.1, 0.15) is 23.0 Å². The molecule has 7 nitrogen and oxygen atoms in total. The maximum atomic E-state index is 6.14. The molecule has 1 N–H and O–H groups in total. The molecule has 1 aliphatic heterocycles. The van der Waals surface area contributed by atoms with Gasteiger partial charge >= 0.3 is 0 Å². The summed E-state index contributed by atoms with van der Waals surface area (Å²) in [6.45, 7) is 4.00. The highest BCUT2D eigenvalue weighted by Crippen LogP contribution is 2.25. The number of aromatic nitrogens is 4. The minimum absolute atomic E-state index is 0.212. The van der Waals surface area contributed by atoms with E-state index in [4.69, 9.17) is 16.3 Å². The minimum atomic E-state index is -0.212. The Kier molecular flexibility index (Phi) is 6.62. The van der Waals surface area contributed by atoms with Gasteiger partial charge in [0, 0.05) is 30.3 Å². The van der Waals surface area contributed by atoms with Crippen molar-refractivity contribution in [1.82, 2.24) is 25.5 Å². The molecule has 168 valence electrons. The van der Waals surface area contributed by atoms with Crippen LogP contribution in [0.2, 0.25) is 5.02 Å². The molecular formula is C25H25ClN6O. The second kappa shape index (κ2) is 10.1. The maximum Gasteiger partial charge on any atom is 0.178 e. The van der Waals surface area contributed by atoms with Gasteiger partial charge in [0.1, 0.15) is 0 Å². The lowest BCUT2D eigenvalue weighted by Crippen LogP contribution is -2.36. The van der Waals surface area contributed by atoms with Crippen LogP contribution in [0.15, 0.2) is 78.9 Å². The van der Waals surface area contributed by atoms with E-state index in [-0.39, 0.29) is 6.04 Å². The maximum absolute atomic E-state index is 6.14. The highest BCUT2D eigenvalue weighted by Gasteiger charge is 2.22. The van der Waals surface area contributed by atoms with Gasteiger partial charge in [0.05, 0.1) is 24.9 Å². The molecule has 0 aliphatic carbocycles. The van der Waals surface area contributed by atoms with E-state index in [9.17, 15) is 0 Å². The lowest BCUT2D eigenvalue weighted by atomic mass is 10.1. The van der Waals surface area contributed by atoms with Crippen LogP contribution in [0.5, 0.6) is 0 Å². The lowest BCUT2D eigenvalue weighted by molar-refractivity contribution is 0.122. The summed E-state index contributed by atoms with van der Waals surface area (Å²) in [6.07, 6.45) is 0. The van der Waals surface area contributed by atoms with Crippen molar-refractivity contribution in [3.05, 3.63) is 101 Å². The van der Waals surface area contributed by atoms with Crippen LogP contribution >= 0.6 is 11.6 Å². The first kappa shape index (κ1) is 21.6. The normalized spacial score (nSPS) is 14.9. The minimum Gasteiger partial charge on any atom is -0.378 e. The number of tetrazole rings is 1. The summed E-state index contributed by atoms with van der Waals surface area (Å²) in [5, 5.41) is 17.0. The number of halogens is 1. The topological polar surface area (TPSA) is 68.1 Å². The standard InChI is InChI=1S/C25H25ClN6O/c26-21-8-6-20(7-9-21)24(27-18-19-4-2-1-3-5-19)25-28-29-30-32(25)23-12-10-22(11-13-23)31-14-16-33-17-15-31/h1-13,24,27H,14-18H2. The molecule has 0 saturated carbocycles. The van der Waals surface area contributed by atoms with Crippen LogP contribution in [-0.4, -0.2) is 46.5 Å². The van der Waals surface area contributed by atoms with Crippen LogP contribution < -0.4 is 10.2 Å². The van der Waals surface area contributed by atoms with E-state index in [1.165, 1.54) is 11.3 Å². The Labute approximate surface area is 197 Å². The first-order valence-electron chi connectivity index (χ1n) is 11.0. The summed E-state index contributed by atoms with van der Waals surface area (Å²) in [5.74, 6) is 0.715. The van der Waals surface area contributed by atoms with Gasteiger partial charge < -0.3 is 9.64 Å². The van der Waals surface area contributed by atoms with Gasteiger partial charge in [-0.2, -0.15) is 4.68 Å². The first-order chi connectivity index (χ1) is 16.3. The largest absolute Gasteiger partial charge is 0.378 e. The Morgan fingerprint density at radius 1 is 0.879 bits per heavy atom. The summed E-state index contributed by atoms with van der Waals surface area (Å²) in [7, 11) is 0. The highest BCUT2D eigenvalue weighted by molar-refractivity contribution is 6.30. The number of ether oxygens (including phenoxy) is 1. The predicted molar refractivity (Wildman–Crippen MR) is 129 cm³/mol. The molecule has 1 aliphatic rings. The molecule has 1 saturated heterocycles. The van der Waals surface area contributed by atoms with E-state index >= 15 is 0 Å². The molecule has 1 fully saturated rings. The zero-order chi connectivity index (χ0) is 22.5. The average Bonchev–Trinajstić information content (AvgIpc) is 3.36. The molecular weight excluding hydrogens is 436 g/mol. The van der Waals surface area contributed by atoms with Gasteiger partial charge in [-0.1, -0.05) is 54.1 Å². The molecule has 0 radical (unpaired) electrons. The number of anilines is 1. The van der Waals surface area contributed by atoms with Gasteiger partial charge in [-0.3, -0.25) is 5.32 Å². The second-order valence-electron chi connectivity index (χ2n) is 7.92. The van der Waals surface area contributed by atoms with E-state index < -0.39 is 0 Å². The van der Waals surface area contributed by atoms with Crippen molar-refractivity contribution in [2.75, 3.05) is 31.2 Å². The van der Waals surface area contributed by atoms with E-state index in [1.807, 2.05) is 42.5 Å². The molecule has 1 unspecified atom stereocenters. The van der Waals surface area contributed by atoms with Crippen LogP contribution in [0.4, 0.5) is 5.69 Å². The van der Waals surface area contributed by atoms with Gasteiger partial charge in [-0.15, -0.1) is 5.10 Å². The summed E-state index contributed by atoms with van der Waals surface area (Å²) in [4.78, 5) is 2.33. The van der Waals surface area contributed by atoms with Crippen molar-refractivity contribution in [3.63, 3.8) is 0 Å². The first-order valence-corrected chi connectivity index (χ1v) is 11.4. The Hall–Kier alpha value is -3.26. The predicted octanol–water partition coefficient (Wildman–Crippen LogP) is 4.03. The number of nitrogens with one attached hydrogen (secondary N) is 1. The van der Waals surface area contributed by atoms with Crippen LogP contribution in [0.3, 0.4) is 0 Å². The molecule has 3 aromatic carbocycles. The second-order valence-corrected chi connectivity index (χ2v) is 8.35. The zero-order valence-electron chi connectivity index (χ0n) is 18.1. The Bertz CT molecular complexity index is 1160. The zero-order valence-corrected chi connectivity index (χ0v) is 18.9. The third-order valence-corrected chi connectivity index (χ3v) is 6.03. The number of morpholine rings is 1. The molecule has 0 amide bonds. The van der Waals surface area contributed by atoms with Crippen LogP contribution in [-0.2, 0) is 11.3 Å². The van der Waals surface area contributed by atoms with Gasteiger partial charge in [-0.05, 0) is 58.0 Å².